The van der Waals surface area contributed by atoms with Crippen molar-refractivity contribution in [2.45, 2.75) is 32.4 Å². The van der Waals surface area contributed by atoms with Crippen molar-refractivity contribution < 1.29 is 4.74 Å². The number of thiocarbonyl (C=S) groups is 1. The first kappa shape index (κ1) is 20.9. The summed E-state index contributed by atoms with van der Waals surface area (Å²) in [6.07, 6.45) is 2.17. The summed E-state index contributed by atoms with van der Waals surface area (Å²) in [5, 5.41) is 4.90. The van der Waals surface area contributed by atoms with Gasteiger partial charge in [0, 0.05) is 28.9 Å². The third kappa shape index (κ3) is 4.96. The standard InChI is InChI=1S/C22H28ClN3OS/c1-16-19(23)8-6-9-20(16)24-22(28)26(18-11-13-25(2)14-12-18)15-17-7-4-5-10-21(17)27-3/h4-10,18H,11-15H2,1-3H3,(H,24,28). The Morgan fingerprint density at radius 2 is 1.93 bits per heavy atom. The molecule has 2 aromatic carbocycles. The van der Waals surface area contributed by atoms with Crippen LogP contribution in [-0.2, 0) is 6.54 Å². The molecule has 0 aromatic heterocycles. The number of likely N-dealkylation sites (tertiary alicyclic amines) is 1. The molecular weight excluding hydrogens is 390 g/mol. The van der Waals surface area contributed by atoms with Crippen molar-refractivity contribution in [2.75, 3.05) is 32.6 Å². The Morgan fingerprint density at radius 1 is 1.21 bits per heavy atom. The molecule has 1 fully saturated rings. The number of nitrogens with one attached hydrogen (secondary N) is 1. The quantitative estimate of drug-likeness (QED) is 0.695. The lowest BCUT2D eigenvalue weighted by molar-refractivity contribution is 0.173. The SMILES string of the molecule is COc1ccccc1CN(C(=S)Nc1cccc(Cl)c1C)C1CCN(C)CC1. The molecule has 28 heavy (non-hydrogen) atoms. The number of hydrogen-bond acceptors (Lipinski definition) is 3. The monoisotopic (exact) mass is 417 g/mol. The van der Waals surface area contributed by atoms with Crippen molar-refractivity contribution in [1.29, 1.82) is 0 Å². The number of piperidine rings is 1. The minimum Gasteiger partial charge on any atom is -0.496 e. The highest BCUT2D eigenvalue weighted by Gasteiger charge is 2.26. The highest BCUT2D eigenvalue weighted by Crippen LogP contribution is 2.27. The predicted molar refractivity (Wildman–Crippen MR) is 121 cm³/mol. The van der Waals surface area contributed by atoms with E-state index in [-0.39, 0.29) is 0 Å². The van der Waals surface area contributed by atoms with Gasteiger partial charge in [0.1, 0.15) is 5.75 Å². The molecule has 2 aromatic rings. The second-order valence-corrected chi connectivity index (χ2v) is 8.11. The second-order valence-electron chi connectivity index (χ2n) is 7.32. The Hall–Kier alpha value is -1.82. The van der Waals surface area contributed by atoms with Crippen LogP contribution in [0.25, 0.3) is 0 Å². The van der Waals surface area contributed by atoms with Gasteiger partial charge >= 0.3 is 0 Å². The summed E-state index contributed by atoms with van der Waals surface area (Å²) < 4.78 is 5.57. The molecule has 1 aliphatic rings. The van der Waals surface area contributed by atoms with Gasteiger partial charge in [0.2, 0.25) is 0 Å². The van der Waals surface area contributed by atoms with Crippen molar-refractivity contribution in [1.82, 2.24) is 9.80 Å². The van der Waals surface area contributed by atoms with Crippen LogP contribution in [0.3, 0.4) is 0 Å². The van der Waals surface area contributed by atoms with Crippen LogP contribution < -0.4 is 10.1 Å². The van der Waals surface area contributed by atoms with Gasteiger partial charge in [0.25, 0.3) is 0 Å². The lowest BCUT2D eigenvalue weighted by Crippen LogP contribution is -2.47. The van der Waals surface area contributed by atoms with Crippen LogP contribution in [0.4, 0.5) is 5.69 Å². The van der Waals surface area contributed by atoms with Crippen LogP contribution in [0, 0.1) is 6.92 Å². The molecular formula is C22H28ClN3OS. The lowest BCUT2D eigenvalue weighted by Gasteiger charge is -2.39. The number of hydrogen-bond donors (Lipinski definition) is 1. The average Bonchev–Trinajstić information content (AvgIpc) is 2.70. The maximum absolute atomic E-state index is 6.29. The van der Waals surface area contributed by atoms with E-state index in [1.807, 2.05) is 43.3 Å². The number of para-hydroxylation sites is 1. The van der Waals surface area contributed by atoms with E-state index >= 15 is 0 Å². The van der Waals surface area contributed by atoms with E-state index in [9.17, 15) is 0 Å². The van der Waals surface area contributed by atoms with E-state index in [4.69, 9.17) is 28.6 Å². The molecule has 0 saturated carbocycles. The Labute approximate surface area is 178 Å². The van der Waals surface area contributed by atoms with Gasteiger partial charge in [-0.15, -0.1) is 0 Å². The van der Waals surface area contributed by atoms with Crippen LogP contribution >= 0.6 is 23.8 Å². The van der Waals surface area contributed by atoms with Gasteiger partial charge in [-0.2, -0.15) is 0 Å². The van der Waals surface area contributed by atoms with Gasteiger partial charge in [-0.3, -0.25) is 0 Å². The smallest absolute Gasteiger partial charge is 0.173 e. The van der Waals surface area contributed by atoms with E-state index in [0.717, 1.165) is 58.6 Å². The van der Waals surface area contributed by atoms with Crippen LogP contribution in [0.5, 0.6) is 5.75 Å². The molecule has 0 spiro atoms. The average molecular weight is 418 g/mol. The fraction of sp³-hybridized carbons (Fsp3) is 0.409. The largest absolute Gasteiger partial charge is 0.496 e. The Kier molecular flexibility index (Phi) is 7.16. The van der Waals surface area contributed by atoms with Crippen molar-refractivity contribution in [2.24, 2.45) is 0 Å². The molecule has 6 heteroatoms. The summed E-state index contributed by atoms with van der Waals surface area (Å²) in [6.45, 7) is 4.87. The second kappa shape index (κ2) is 9.59. The molecule has 0 aliphatic carbocycles. The zero-order valence-corrected chi connectivity index (χ0v) is 18.3. The van der Waals surface area contributed by atoms with Crippen molar-refractivity contribution in [3.63, 3.8) is 0 Å². The first-order chi connectivity index (χ1) is 13.5. The molecule has 0 atom stereocenters. The fourth-order valence-electron chi connectivity index (χ4n) is 3.62. The molecule has 1 heterocycles. The lowest BCUT2D eigenvalue weighted by atomic mass is 10.0. The van der Waals surface area contributed by atoms with Gasteiger partial charge < -0.3 is 19.9 Å². The van der Waals surface area contributed by atoms with Crippen LogP contribution in [-0.4, -0.2) is 48.2 Å². The first-order valence-corrected chi connectivity index (χ1v) is 10.4. The van der Waals surface area contributed by atoms with Gasteiger partial charge in [-0.1, -0.05) is 35.9 Å². The van der Waals surface area contributed by atoms with Gasteiger partial charge in [-0.25, -0.2) is 0 Å². The molecule has 0 amide bonds. The third-order valence-electron chi connectivity index (χ3n) is 5.43. The summed E-state index contributed by atoms with van der Waals surface area (Å²) in [4.78, 5) is 4.68. The Bertz CT molecular complexity index is 821. The Balaban J connectivity index is 1.84. The summed E-state index contributed by atoms with van der Waals surface area (Å²) >= 11 is 12.2. The third-order valence-corrected chi connectivity index (χ3v) is 6.18. The highest BCUT2D eigenvalue weighted by molar-refractivity contribution is 7.80. The number of halogens is 1. The number of nitrogens with zero attached hydrogens (tertiary/aromatic N) is 2. The number of anilines is 1. The summed E-state index contributed by atoms with van der Waals surface area (Å²) in [6, 6.07) is 14.4. The van der Waals surface area contributed by atoms with E-state index in [2.05, 4.69) is 28.2 Å². The van der Waals surface area contributed by atoms with Crippen LogP contribution in [0.2, 0.25) is 5.02 Å². The van der Waals surface area contributed by atoms with E-state index in [1.54, 1.807) is 7.11 Å². The van der Waals surface area contributed by atoms with Crippen LogP contribution in [0.1, 0.15) is 24.0 Å². The van der Waals surface area contributed by atoms with Gasteiger partial charge in [0.05, 0.1) is 7.11 Å². The molecule has 3 rings (SSSR count). The van der Waals surface area contributed by atoms with E-state index < -0.39 is 0 Å². The highest BCUT2D eigenvalue weighted by atomic mass is 35.5. The topological polar surface area (TPSA) is 27.7 Å². The van der Waals surface area contributed by atoms with E-state index in [0.29, 0.717) is 12.6 Å². The number of methoxy groups -OCH3 is 1. The zero-order chi connectivity index (χ0) is 20.1. The molecule has 1 saturated heterocycles. The predicted octanol–water partition coefficient (Wildman–Crippen LogP) is 4.95. The maximum atomic E-state index is 6.29. The normalized spacial score (nSPS) is 15.3. The minimum atomic E-state index is 0.389. The van der Waals surface area contributed by atoms with Crippen molar-refractivity contribution in [3.8, 4) is 5.75 Å². The van der Waals surface area contributed by atoms with Gasteiger partial charge in [-0.05, 0) is 75.9 Å². The molecule has 1 aliphatic heterocycles. The minimum absolute atomic E-state index is 0.389. The molecule has 0 unspecified atom stereocenters. The van der Waals surface area contributed by atoms with Gasteiger partial charge in [0.15, 0.2) is 5.11 Å². The summed E-state index contributed by atoms with van der Waals surface area (Å²) in [7, 11) is 3.89. The molecule has 4 nitrogen and oxygen atoms in total. The number of rotatable bonds is 5. The zero-order valence-electron chi connectivity index (χ0n) is 16.7. The molecule has 1 N–H and O–H groups in total. The molecule has 0 radical (unpaired) electrons. The van der Waals surface area contributed by atoms with Crippen molar-refractivity contribution >= 4 is 34.6 Å². The van der Waals surface area contributed by atoms with Crippen LogP contribution in [0.15, 0.2) is 42.5 Å². The van der Waals surface area contributed by atoms with Crippen molar-refractivity contribution in [3.05, 3.63) is 58.6 Å². The maximum Gasteiger partial charge on any atom is 0.173 e. The summed E-state index contributed by atoms with van der Waals surface area (Å²) in [5.74, 6) is 0.891. The Morgan fingerprint density at radius 3 is 2.64 bits per heavy atom. The van der Waals surface area contributed by atoms with E-state index in [1.165, 1.54) is 0 Å². The fourth-order valence-corrected chi connectivity index (χ4v) is 4.12. The summed E-state index contributed by atoms with van der Waals surface area (Å²) in [5.41, 5.74) is 3.10. The number of benzene rings is 2. The molecule has 150 valence electrons. The number of ether oxygens (including phenoxy) is 1. The molecule has 0 bridgehead atoms. The first-order valence-electron chi connectivity index (χ1n) is 9.62.